The summed E-state index contributed by atoms with van der Waals surface area (Å²) in [7, 11) is 0. The van der Waals surface area contributed by atoms with E-state index in [0.29, 0.717) is 10.2 Å². The van der Waals surface area contributed by atoms with Crippen molar-refractivity contribution in [3.8, 4) is 0 Å². The molecule has 0 radical (unpaired) electrons. The Morgan fingerprint density at radius 1 is 1.33 bits per heavy atom. The minimum absolute atomic E-state index is 0.0840. The van der Waals surface area contributed by atoms with Crippen molar-refractivity contribution >= 4 is 33.1 Å². The summed E-state index contributed by atoms with van der Waals surface area (Å²) in [6.07, 6.45) is 1.32. The van der Waals surface area contributed by atoms with E-state index in [4.69, 9.17) is 0 Å². The lowest BCUT2D eigenvalue weighted by Crippen LogP contribution is -2.27. The maximum absolute atomic E-state index is 13.4. The summed E-state index contributed by atoms with van der Waals surface area (Å²) in [6.45, 7) is -0.214. The number of rotatable bonds is 3. The third-order valence-electron chi connectivity index (χ3n) is 2.90. The third kappa shape index (κ3) is 2.68. The fraction of sp³-hybridized carbons (Fsp3) is 0.0714. The number of amides is 1. The van der Waals surface area contributed by atoms with Crippen molar-refractivity contribution in [1.82, 2.24) is 9.55 Å². The van der Waals surface area contributed by atoms with Gasteiger partial charge in [0.1, 0.15) is 17.1 Å². The van der Waals surface area contributed by atoms with E-state index in [1.807, 2.05) is 0 Å². The number of carbonyl (C=O) groups is 1. The molecule has 1 N–H and O–H groups in total. The van der Waals surface area contributed by atoms with Gasteiger partial charge in [-0.1, -0.05) is 12.1 Å². The standard InChI is InChI=1S/C14H10FN3O2S/c15-9-3-1-2-4-10(9)17-12(19)7-18-8-16-11-5-6-21-13(11)14(18)20/h1-6,8H,7H2,(H,17,19). The van der Waals surface area contributed by atoms with Crippen LogP contribution in [0, 0.1) is 5.82 Å². The topological polar surface area (TPSA) is 64.0 Å². The largest absolute Gasteiger partial charge is 0.322 e. The summed E-state index contributed by atoms with van der Waals surface area (Å²) in [5.74, 6) is -1.01. The van der Waals surface area contributed by atoms with E-state index < -0.39 is 11.7 Å². The van der Waals surface area contributed by atoms with E-state index in [2.05, 4.69) is 10.3 Å². The minimum Gasteiger partial charge on any atom is -0.322 e. The van der Waals surface area contributed by atoms with Gasteiger partial charge in [-0.2, -0.15) is 0 Å². The lowest BCUT2D eigenvalue weighted by atomic mass is 10.3. The second-order valence-electron chi connectivity index (χ2n) is 4.34. The number of carbonyl (C=O) groups excluding carboxylic acids is 1. The molecule has 0 aliphatic heterocycles. The number of nitrogens with one attached hydrogen (secondary N) is 1. The van der Waals surface area contributed by atoms with E-state index in [1.54, 1.807) is 17.5 Å². The average Bonchev–Trinajstić information content (AvgIpc) is 2.94. The van der Waals surface area contributed by atoms with Gasteiger partial charge >= 0.3 is 0 Å². The number of para-hydroxylation sites is 1. The van der Waals surface area contributed by atoms with Crippen LogP contribution >= 0.6 is 11.3 Å². The van der Waals surface area contributed by atoms with Crippen LogP contribution < -0.4 is 10.9 Å². The number of aromatic nitrogens is 2. The highest BCUT2D eigenvalue weighted by molar-refractivity contribution is 7.17. The first-order valence-corrected chi connectivity index (χ1v) is 7.00. The molecular weight excluding hydrogens is 293 g/mol. The van der Waals surface area contributed by atoms with Crippen LogP contribution in [0.5, 0.6) is 0 Å². The second-order valence-corrected chi connectivity index (χ2v) is 5.26. The van der Waals surface area contributed by atoms with Gasteiger partial charge in [0.15, 0.2) is 0 Å². The summed E-state index contributed by atoms with van der Waals surface area (Å²) in [6, 6.07) is 7.59. The third-order valence-corrected chi connectivity index (χ3v) is 3.79. The van der Waals surface area contributed by atoms with Gasteiger partial charge in [0.25, 0.3) is 5.56 Å². The highest BCUT2D eigenvalue weighted by Gasteiger charge is 2.10. The molecule has 0 unspecified atom stereocenters. The summed E-state index contributed by atoms with van der Waals surface area (Å²) in [5.41, 5.74) is 0.412. The Morgan fingerprint density at radius 3 is 2.95 bits per heavy atom. The van der Waals surface area contributed by atoms with Crippen LogP contribution in [0.4, 0.5) is 10.1 Å². The molecule has 0 saturated carbocycles. The first-order valence-electron chi connectivity index (χ1n) is 6.12. The summed E-state index contributed by atoms with van der Waals surface area (Å²) < 4.78 is 15.1. The highest BCUT2D eigenvalue weighted by atomic mass is 32.1. The number of halogens is 1. The zero-order valence-electron chi connectivity index (χ0n) is 10.7. The molecule has 0 atom stereocenters. The average molecular weight is 303 g/mol. The Labute approximate surface area is 122 Å². The van der Waals surface area contributed by atoms with Crippen molar-refractivity contribution in [3.63, 3.8) is 0 Å². The van der Waals surface area contributed by atoms with Crippen molar-refractivity contribution in [1.29, 1.82) is 0 Å². The van der Waals surface area contributed by atoms with Crippen LogP contribution in [0.1, 0.15) is 0 Å². The van der Waals surface area contributed by atoms with Crippen molar-refractivity contribution in [2.75, 3.05) is 5.32 Å². The van der Waals surface area contributed by atoms with Gasteiger partial charge in [-0.3, -0.25) is 14.2 Å². The fourth-order valence-corrected chi connectivity index (χ4v) is 2.69. The van der Waals surface area contributed by atoms with Gasteiger partial charge in [0.2, 0.25) is 5.91 Å². The van der Waals surface area contributed by atoms with E-state index in [-0.39, 0.29) is 17.8 Å². The van der Waals surface area contributed by atoms with Crippen LogP contribution in [0.2, 0.25) is 0 Å². The molecule has 0 saturated heterocycles. The quantitative estimate of drug-likeness (QED) is 0.807. The van der Waals surface area contributed by atoms with Gasteiger partial charge in [0.05, 0.1) is 17.5 Å². The molecule has 21 heavy (non-hydrogen) atoms. The fourth-order valence-electron chi connectivity index (χ4n) is 1.90. The molecule has 7 heteroatoms. The molecule has 3 aromatic rings. The van der Waals surface area contributed by atoms with Gasteiger partial charge < -0.3 is 5.32 Å². The first-order chi connectivity index (χ1) is 10.1. The molecule has 1 amide bonds. The molecule has 5 nitrogen and oxygen atoms in total. The van der Waals surface area contributed by atoms with Crippen LogP contribution in [0.3, 0.4) is 0 Å². The predicted molar refractivity (Wildman–Crippen MR) is 78.9 cm³/mol. The maximum atomic E-state index is 13.4. The van der Waals surface area contributed by atoms with E-state index in [9.17, 15) is 14.0 Å². The SMILES string of the molecule is O=C(Cn1cnc2ccsc2c1=O)Nc1ccccc1F. The molecule has 0 spiro atoms. The number of benzene rings is 1. The maximum Gasteiger partial charge on any atom is 0.271 e. The number of nitrogens with zero attached hydrogens (tertiary/aromatic N) is 2. The Morgan fingerprint density at radius 2 is 2.14 bits per heavy atom. The van der Waals surface area contributed by atoms with Crippen LogP contribution in [-0.4, -0.2) is 15.5 Å². The summed E-state index contributed by atoms with van der Waals surface area (Å²) in [5, 5.41) is 4.20. The van der Waals surface area contributed by atoms with Crippen LogP contribution in [0.25, 0.3) is 10.2 Å². The number of hydrogen-bond acceptors (Lipinski definition) is 4. The predicted octanol–water partition coefficient (Wildman–Crippen LogP) is 2.24. The number of anilines is 1. The van der Waals surface area contributed by atoms with Crippen molar-refractivity contribution in [2.45, 2.75) is 6.54 Å². The first kappa shape index (κ1) is 13.4. The molecule has 0 aliphatic rings. The lowest BCUT2D eigenvalue weighted by Gasteiger charge is -2.07. The molecular formula is C14H10FN3O2S. The second kappa shape index (κ2) is 5.45. The molecule has 0 fully saturated rings. The number of thiophene rings is 1. The van der Waals surface area contributed by atoms with E-state index >= 15 is 0 Å². The Hall–Kier alpha value is -2.54. The lowest BCUT2D eigenvalue weighted by molar-refractivity contribution is -0.116. The zero-order valence-corrected chi connectivity index (χ0v) is 11.6. The normalized spacial score (nSPS) is 10.7. The van der Waals surface area contributed by atoms with Crippen LogP contribution in [-0.2, 0) is 11.3 Å². The van der Waals surface area contributed by atoms with Crippen molar-refractivity contribution < 1.29 is 9.18 Å². The number of hydrogen-bond donors (Lipinski definition) is 1. The van der Waals surface area contributed by atoms with E-state index in [0.717, 1.165) is 0 Å². The molecule has 1 aromatic carbocycles. The molecule has 2 aromatic heterocycles. The van der Waals surface area contributed by atoms with E-state index in [1.165, 1.54) is 40.4 Å². The molecule has 0 aliphatic carbocycles. The molecule has 3 rings (SSSR count). The van der Waals surface area contributed by atoms with Crippen LogP contribution in [0.15, 0.2) is 46.8 Å². The Balaban J connectivity index is 1.82. The minimum atomic E-state index is -0.523. The summed E-state index contributed by atoms with van der Waals surface area (Å²) in [4.78, 5) is 28.1. The van der Waals surface area contributed by atoms with Gasteiger partial charge in [0, 0.05) is 0 Å². The summed E-state index contributed by atoms with van der Waals surface area (Å²) >= 11 is 1.27. The van der Waals surface area contributed by atoms with Gasteiger partial charge in [-0.15, -0.1) is 11.3 Å². The molecule has 106 valence electrons. The molecule has 0 bridgehead atoms. The van der Waals surface area contributed by atoms with Crippen molar-refractivity contribution in [2.24, 2.45) is 0 Å². The Bertz CT molecular complexity index is 872. The van der Waals surface area contributed by atoms with Gasteiger partial charge in [-0.05, 0) is 23.6 Å². The van der Waals surface area contributed by atoms with Crippen molar-refractivity contribution in [3.05, 3.63) is 58.2 Å². The zero-order chi connectivity index (χ0) is 14.8. The monoisotopic (exact) mass is 303 g/mol. The molecule has 2 heterocycles. The highest BCUT2D eigenvalue weighted by Crippen LogP contribution is 2.14. The van der Waals surface area contributed by atoms with Gasteiger partial charge in [-0.25, -0.2) is 9.37 Å². The smallest absolute Gasteiger partial charge is 0.271 e. The Kier molecular flexibility index (Phi) is 3.49. The number of fused-ring (bicyclic) bond motifs is 1.